The SMILES string of the molecule is O=C(CSc1nnnn1-c1ccc(Cl)cc1)N(Cc1ccccc1)Cc1ccco1. The second kappa shape index (κ2) is 9.60. The lowest BCUT2D eigenvalue weighted by atomic mass is 10.2. The molecule has 4 aromatic rings. The number of tetrazole rings is 1. The molecule has 0 spiro atoms. The molecule has 0 aliphatic carbocycles. The van der Waals surface area contributed by atoms with Crippen LogP contribution < -0.4 is 0 Å². The molecule has 0 N–H and O–H groups in total. The normalized spacial score (nSPS) is 10.8. The highest BCUT2D eigenvalue weighted by Gasteiger charge is 2.18. The Labute approximate surface area is 182 Å². The number of aromatic nitrogens is 4. The van der Waals surface area contributed by atoms with E-state index in [9.17, 15) is 4.79 Å². The maximum atomic E-state index is 13.0. The Morgan fingerprint density at radius 3 is 2.57 bits per heavy atom. The standard InChI is InChI=1S/C21H18ClN5O2S/c22-17-8-10-18(11-9-17)27-21(23-24-25-27)30-15-20(28)26(14-19-7-4-12-29-19)13-16-5-2-1-3-6-16/h1-12H,13-15H2. The van der Waals surface area contributed by atoms with E-state index < -0.39 is 0 Å². The van der Waals surface area contributed by atoms with Crippen molar-refractivity contribution < 1.29 is 9.21 Å². The number of nitrogens with zero attached hydrogens (tertiary/aromatic N) is 5. The van der Waals surface area contributed by atoms with Crippen molar-refractivity contribution in [1.82, 2.24) is 25.1 Å². The van der Waals surface area contributed by atoms with Crippen LogP contribution in [-0.4, -0.2) is 36.8 Å². The van der Waals surface area contributed by atoms with E-state index in [0.717, 1.165) is 17.0 Å². The first-order chi connectivity index (χ1) is 14.7. The molecule has 0 bridgehead atoms. The fourth-order valence-electron chi connectivity index (χ4n) is 2.86. The number of furan rings is 1. The van der Waals surface area contributed by atoms with Gasteiger partial charge in [0.05, 0.1) is 24.2 Å². The van der Waals surface area contributed by atoms with Crippen LogP contribution in [0.15, 0.2) is 82.6 Å². The summed E-state index contributed by atoms with van der Waals surface area (Å²) in [7, 11) is 0. The molecule has 0 aliphatic heterocycles. The van der Waals surface area contributed by atoms with Gasteiger partial charge in [-0.2, -0.15) is 4.68 Å². The lowest BCUT2D eigenvalue weighted by Crippen LogP contribution is -2.31. The smallest absolute Gasteiger partial charge is 0.233 e. The van der Waals surface area contributed by atoms with E-state index in [-0.39, 0.29) is 11.7 Å². The van der Waals surface area contributed by atoms with Gasteiger partial charge in [-0.15, -0.1) is 5.10 Å². The van der Waals surface area contributed by atoms with Crippen molar-refractivity contribution in [3.05, 3.63) is 89.3 Å². The number of hydrogen-bond acceptors (Lipinski definition) is 6. The van der Waals surface area contributed by atoms with E-state index in [1.54, 1.807) is 28.0 Å². The van der Waals surface area contributed by atoms with Crippen LogP contribution in [0.3, 0.4) is 0 Å². The molecule has 2 aromatic heterocycles. The molecule has 0 unspecified atom stereocenters. The van der Waals surface area contributed by atoms with E-state index in [4.69, 9.17) is 16.0 Å². The largest absolute Gasteiger partial charge is 0.467 e. The second-order valence-corrected chi connectivity index (χ2v) is 7.83. The molecule has 30 heavy (non-hydrogen) atoms. The molecule has 0 radical (unpaired) electrons. The van der Waals surface area contributed by atoms with Gasteiger partial charge in [0.2, 0.25) is 11.1 Å². The average molecular weight is 440 g/mol. The Morgan fingerprint density at radius 1 is 1.03 bits per heavy atom. The maximum absolute atomic E-state index is 13.0. The van der Waals surface area contributed by atoms with Crippen molar-refractivity contribution in [3.8, 4) is 5.69 Å². The summed E-state index contributed by atoms with van der Waals surface area (Å²) in [6.07, 6.45) is 1.61. The molecule has 4 rings (SSSR count). The van der Waals surface area contributed by atoms with Crippen molar-refractivity contribution in [1.29, 1.82) is 0 Å². The Bertz CT molecular complexity index is 1080. The predicted octanol–water partition coefficient (Wildman–Crippen LogP) is 4.23. The maximum Gasteiger partial charge on any atom is 0.233 e. The molecule has 0 saturated heterocycles. The van der Waals surface area contributed by atoms with Crippen LogP contribution in [0.2, 0.25) is 5.02 Å². The van der Waals surface area contributed by atoms with Gasteiger partial charge in [-0.25, -0.2) is 0 Å². The zero-order valence-electron chi connectivity index (χ0n) is 15.9. The monoisotopic (exact) mass is 439 g/mol. The Kier molecular flexibility index (Phi) is 6.46. The van der Waals surface area contributed by atoms with Crippen molar-refractivity contribution in [2.24, 2.45) is 0 Å². The van der Waals surface area contributed by atoms with Crippen LogP contribution in [0, 0.1) is 0 Å². The van der Waals surface area contributed by atoms with Gasteiger partial charge in [0.25, 0.3) is 0 Å². The van der Waals surface area contributed by atoms with Gasteiger partial charge < -0.3 is 9.32 Å². The van der Waals surface area contributed by atoms with Crippen molar-refractivity contribution in [2.75, 3.05) is 5.75 Å². The molecule has 7 nitrogen and oxygen atoms in total. The summed E-state index contributed by atoms with van der Waals surface area (Å²) in [4.78, 5) is 14.8. The van der Waals surface area contributed by atoms with Crippen molar-refractivity contribution >= 4 is 29.3 Å². The number of amides is 1. The molecule has 2 aromatic carbocycles. The molecule has 1 amide bonds. The topological polar surface area (TPSA) is 77.1 Å². The number of benzene rings is 2. The number of thioether (sulfide) groups is 1. The third kappa shape index (κ3) is 5.08. The van der Waals surface area contributed by atoms with Crippen LogP contribution in [0.4, 0.5) is 0 Å². The summed E-state index contributed by atoms with van der Waals surface area (Å²) in [6.45, 7) is 0.881. The molecular weight excluding hydrogens is 422 g/mol. The molecule has 152 valence electrons. The molecule has 0 atom stereocenters. The van der Waals surface area contributed by atoms with E-state index >= 15 is 0 Å². The lowest BCUT2D eigenvalue weighted by molar-refractivity contribution is -0.129. The zero-order valence-corrected chi connectivity index (χ0v) is 17.5. The highest BCUT2D eigenvalue weighted by atomic mass is 35.5. The van der Waals surface area contributed by atoms with Crippen molar-refractivity contribution in [2.45, 2.75) is 18.2 Å². The summed E-state index contributed by atoms with van der Waals surface area (Å²) < 4.78 is 7.03. The Balaban J connectivity index is 1.46. The minimum atomic E-state index is -0.0362. The quantitative estimate of drug-likeness (QED) is 0.382. The molecule has 0 saturated carbocycles. The van der Waals surface area contributed by atoms with Crippen LogP contribution in [-0.2, 0) is 17.9 Å². The lowest BCUT2D eigenvalue weighted by Gasteiger charge is -2.21. The second-order valence-electron chi connectivity index (χ2n) is 6.45. The molecule has 0 aliphatic rings. The van der Waals surface area contributed by atoms with Gasteiger partial charge in [-0.3, -0.25) is 4.79 Å². The van der Waals surface area contributed by atoms with Gasteiger partial charge in [0, 0.05) is 11.6 Å². The summed E-state index contributed by atoms with van der Waals surface area (Å²) in [6, 6.07) is 20.7. The summed E-state index contributed by atoms with van der Waals surface area (Å²) in [5.41, 5.74) is 1.82. The number of carbonyl (C=O) groups is 1. The molecular formula is C21H18ClN5O2S. The zero-order chi connectivity index (χ0) is 20.8. The summed E-state index contributed by atoms with van der Waals surface area (Å²) in [5, 5.41) is 13.0. The number of rotatable bonds is 8. The third-order valence-electron chi connectivity index (χ3n) is 4.33. The number of hydrogen-bond donors (Lipinski definition) is 0. The number of carbonyl (C=O) groups excluding carboxylic acids is 1. The molecule has 9 heteroatoms. The van der Waals surface area contributed by atoms with Crippen LogP contribution in [0.25, 0.3) is 5.69 Å². The van der Waals surface area contributed by atoms with E-state index in [0.29, 0.717) is 23.3 Å². The third-order valence-corrected chi connectivity index (χ3v) is 5.49. The Hall–Kier alpha value is -3.10. The predicted molar refractivity (Wildman–Crippen MR) is 114 cm³/mol. The first kappa shape index (κ1) is 20.2. The first-order valence-corrected chi connectivity index (χ1v) is 10.6. The van der Waals surface area contributed by atoms with E-state index in [1.165, 1.54) is 11.8 Å². The first-order valence-electron chi connectivity index (χ1n) is 9.20. The van der Waals surface area contributed by atoms with Gasteiger partial charge in [-0.05, 0) is 52.4 Å². The minimum absolute atomic E-state index is 0.0362. The summed E-state index contributed by atoms with van der Waals surface area (Å²) in [5.74, 6) is 0.891. The molecule has 0 fully saturated rings. The highest BCUT2D eigenvalue weighted by molar-refractivity contribution is 7.99. The average Bonchev–Trinajstić information content (AvgIpc) is 3.45. The summed E-state index contributed by atoms with van der Waals surface area (Å²) >= 11 is 7.24. The fourth-order valence-corrected chi connectivity index (χ4v) is 3.78. The van der Waals surface area contributed by atoms with Gasteiger partial charge >= 0.3 is 0 Å². The number of halogens is 1. The van der Waals surface area contributed by atoms with Crippen molar-refractivity contribution in [3.63, 3.8) is 0 Å². The van der Waals surface area contributed by atoms with Gasteiger partial charge in [0.1, 0.15) is 5.76 Å². The van der Waals surface area contributed by atoms with E-state index in [1.807, 2.05) is 54.6 Å². The van der Waals surface area contributed by atoms with Gasteiger partial charge in [-0.1, -0.05) is 53.7 Å². The minimum Gasteiger partial charge on any atom is -0.467 e. The van der Waals surface area contributed by atoms with Crippen LogP contribution in [0.1, 0.15) is 11.3 Å². The van der Waals surface area contributed by atoms with E-state index in [2.05, 4.69) is 15.5 Å². The van der Waals surface area contributed by atoms with Gasteiger partial charge in [0.15, 0.2) is 0 Å². The Morgan fingerprint density at radius 2 is 1.83 bits per heavy atom. The highest BCUT2D eigenvalue weighted by Crippen LogP contribution is 2.21. The molecule has 2 heterocycles. The van der Waals surface area contributed by atoms with Crippen LogP contribution >= 0.6 is 23.4 Å². The van der Waals surface area contributed by atoms with Crippen LogP contribution in [0.5, 0.6) is 0 Å². The fraction of sp³-hybridized carbons (Fsp3) is 0.143.